The summed E-state index contributed by atoms with van der Waals surface area (Å²) in [6.45, 7) is 12.3. The molecule has 0 heterocycles. The Bertz CT molecular complexity index is 194. The van der Waals surface area contributed by atoms with Gasteiger partial charge in [-0.3, -0.25) is 0 Å². The normalized spacial score (nSPS) is 10.5. The zero-order chi connectivity index (χ0) is 10.3. The Labute approximate surface area is 79.4 Å². The van der Waals surface area contributed by atoms with E-state index in [1.807, 2.05) is 0 Å². The average molecular weight is 181 g/mol. The molecule has 0 aliphatic carbocycles. The van der Waals surface area contributed by atoms with Crippen LogP contribution in [0.25, 0.3) is 0 Å². The van der Waals surface area contributed by atoms with Crippen LogP contribution in [-0.4, -0.2) is 30.1 Å². The molecule has 0 atom stereocenters. The van der Waals surface area contributed by atoms with Crippen LogP contribution < -0.4 is 5.73 Å². The fraction of sp³-hybridized carbons (Fsp3) is 0.300. The van der Waals surface area contributed by atoms with Gasteiger partial charge in [0, 0.05) is 0 Å². The molecule has 72 valence electrons. The van der Waals surface area contributed by atoms with E-state index in [1.165, 1.54) is 0 Å². The summed E-state index contributed by atoms with van der Waals surface area (Å²) in [5.74, 6) is 0. The van der Waals surface area contributed by atoms with E-state index in [1.54, 1.807) is 18.2 Å². The summed E-state index contributed by atoms with van der Waals surface area (Å²) in [7, 11) is 0. The smallest absolute Gasteiger partial charge is 0.319 e. The SMILES string of the molecule is C=CC[N+](CC=C)(CC=C)C(N)=O. The molecule has 0 bridgehead atoms. The Kier molecular flexibility index (Phi) is 4.77. The van der Waals surface area contributed by atoms with Gasteiger partial charge in [-0.1, -0.05) is 19.7 Å². The summed E-state index contributed by atoms with van der Waals surface area (Å²) >= 11 is 0. The topological polar surface area (TPSA) is 43.1 Å². The van der Waals surface area contributed by atoms with Crippen molar-refractivity contribution in [2.45, 2.75) is 0 Å². The molecule has 0 saturated heterocycles. The van der Waals surface area contributed by atoms with Crippen LogP contribution in [0.2, 0.25) is 0 Å². The Morgan fingerprint density at radius 1 is 1.08 bits per heavy atom. The molecule has 0 spiro atoms. The van der Waals surface area contributed by atoms with Gasteiger partial charge in [0.05, 0.1) is 0 Å². The third-order valence-corrected chi connectivity index (χ3v) is 1.90. The Hall–Kier alpha value is -1.35. The van der Waals surface area contributed by atoms with E-state index >= 15 is 0 Å². The molecule has 3 heteroatoms. The molecule has 3 nitrogen and oxygen atoms in total. The molecule has 0 aromatic carbocycles. The van der Waals surface area contributed by atoms with Crippen molar-refractivity contribution in [3.63, 3.8) is 0 Å². The number of hydrogen-bond donors (Lipinski definition) is 1. The van der Waals surface area contributed by atoms with Crippen molar-refractivity contribution in [1.29, 1.82) is 0 Å². The Balaban J connectivity index is 4.76. The molecule has 0 radical (unpaired) electrons. The van der Waals surface area contributed by atoms with E-state index in [0.717, 1.165) is 0 Å². The number of nitrogens with zero attached hydrogens (tertiary/aromatic N) is 1. The number of primary amides is 1. The van der Waals surface area contributed by atoms with Crippen molar-refractivity contribution >= 4 is 6.03 Å². The molecule has 0 aliphatic heterocycles. The van der Waals surface area contributed by atoms with E-state index in [4.69, 9.17) is 5.73 Å². The lowest BCUT2D eigenvalue weighted by molar-refractivity contribution is -0.831. The van der Waals surface area contributed by atoms with Crippen LogP contribution in [0.4, 0.5) is 4.79 Å². The van der Waals surface area contributed by atoms with Gasteiger partial charge in [-0.25, -0.2) is 9.28 Å². The lowest BCUT2D eigenvalue weighted by Gasteiger charge is -2.30. The first-order valence-electron chi connectivity index (χ1n) is 4.11. The average Bonchev–Trinajstić information content (AvgIpc) is 2.05. The third-order valence-electron chi connectivity index (χ3n) is 1.90. The number of quaternary nitrogens is 1. The highest BCUT2D eigenvalue weighted by Gasteiger charge is 2.30. The first-order chi connectivity index (χ1) is 6.13. The maximum absolute atomic E-state index is 11.2. The van der Waals surface area contributed by atoms with Crippen LogP contribution in [0.5, 0.6) is 0 Å². The van der Waals surface area contributed by atoms with Crippen molar-refractivity contribution in [2.24, 2.45) is 5.73 Å². The van der Waals surface area contributed by atoms with Crippen LogP contribution in [0, 0.1) is 0 Å². The van der Waals surface area contributed by atoms with Crippen LogP contribution in [-0.2, 0) is 0 Å². The summed E-state index contributed by atoms with van der Waals surface area (Å²) < 4.78 is 0.122. The van der Waals surface area contributed by atoms with E-state index in [2.05, 4.69) is 19.7 Å². The fourth-order valence-corrected chi connectivity index (χ4v) is 1.23. The second-order valence-corrected chi connectivity index (χ2v) is 2.90. The molecule has 0 fully saturated rings. The standard InChI is InChI=1S/C10H16N2O/c1-4-7-12(8-5-2,9-6-3)10(11)13/h4-6H,1-3,7-9H2,(H-,11,13)/p+1. The number of rotatable bonds is 6. The minimum Gasteiger partial charge on any atom is -0.319 e. The van der Waals surface area contributed by atoms with Crippen molar-refractivity contribution in [2.75, 3.05) is 19.6 Å². The van der Waals surface area contributed by atoms with Crippen molar-refractivity contribution in [3.8, 4) is 0 Å². The zero-order valence-corrected chi connectivity index (χ0v) is 7.91. The highest BCUT2D eigenvalue weighted by atomic mass is 16.2. The number of nitrogens with two attached hydrogens (primary N) is 1. The number of carbonyl (C=O) groups is 1. The molecule has 0 unspecified atom stereocenters. The van der Waals surface area contributed by atoms with E-state index in [0.29, 0.717) is 19.6 Å². The maximum Gasteiger partial charge on any atom is 0.414 e. The summed E-state index contributed by atoms with van der Waals surface area (Å²) in [5, 5.41) is 0. The largest absolute Gasteiger partial charge is 0.414 e. The van der Waals surface area contributed by atoms with Gasteiger partial charge >= 0.3 is 6.03 Å². The molecule has 13 heavy (non-hydrogen) atoms. The first kappa shape index (κ1) is 11.6. The second-order valence-electron chi connectivity index (χ2n) is 2.90. The number of urea groups is 1. The zero-order valence-electron chi connectivity index (χ0n) is 7.91. The van der Waals surface area contributed by atoms with Gasteiger partial charge in [0.2, 0.25) is 0 Å². The number of carbonyl (C=O) groups excluding carboxylic acids is 1. The fourth-order valence-electron chi connectivity index (χ4n) is 1.23. The minimum absolute atomic E-state index is 0.122. The Morgan fingerprint density at radius 3 is 1.54 bits per heavy atom. The van der Waals surface area contributed by atoms with Gasteiger partial charge in [0.25, 0.3) is 0 Å². The van der Waals surface area contributed by atoms with E-state index in [9.17, 15) is 4.79 Å². The summed E-state index contributed by atoms with van der Waals surface area (Å²) in [6, 6.07) is -0.375. The molecule has 0 aliphatic rings. The van der Waals surface area contributed by atoms with Gasteiger partial charge in [-0.05, 0) is 18.2 Å². The van der Waals surface area contributed by atoms with Crippen LogP contribution in [0.15, 0.2) is 38.0 Å². The molecular formula is C10H17N2O+. The predicted octanol–water partition coefficient (Wildman–Crippen LogP) is 1.44. The van der Waals surface area contributed by atoms with Crippen LogP contribution in [0.3, 0.4) is 0 Å². The van der Waals surface area contributed by atoms with E-state index in [-0.39, 0.29) is 10.5 Å². The molecule has 0 saturated carbocycles. The van der Waals surface area contributed by atoms with Crippen LogP contribution >= 0.6 is 0 Å². The van der Waals surface area contributed by atoms with Crippen molar-refractivity contribution < 1.29 is 9.28 Å². The molecule has 0 aromatic heterocycles. The number of hydrogen-bond acceptors (Lipinski definition) is 1. The molecular weight excluding hydrogens is 164 g/mol. The maximum atomic E-state index is 11.2. The highest BCUT2D eigenvalue weighted by molar-refractivity contribution is 5.64. The third kappa shape index (κ3) is 2.87. The first-order valence-corrected chi connectivity index (χ1v) is 4.11. The van der Waals surface area contributed by atoms with Crippen molar-refractivity contribution in [3.05, 3.63) is 38.0 Å². The molecule has 2 amide bonds. The quantitative estimate of drug-likeness (QED) is 0.489. The van der Waals surface area contributed by atoms with E-state index < -0.39 is 0 Å². The lowest BCUT2D eigenvalue weighted by atomic mass is 10.3. The minimum atomic E-state index is -0.375. The van der Waals surface area contributed by atoms with Gasteiger partial charge in [0.15, 0.2) is 0 Å². The van der Waals surface area contributed by atoms with Gasteiger partial charge in [-0.2, -0.15) is 0 Å². The number of amides is 2. The molecule has 2 N–H and O–H groups in total. The van der Waals surface area contributed by atoms with Gasteiger partial charge in [0.1, 0.15) is 19.6 Å². The molecule has 0 rings (SSSR count). The van der Waals surface area contributed by atoms with Gasteiger partial charge in [-0.15, -0.1) is 0 Å². The summed E-state index contributed by atoms with van der Waals surface area (Å²) in [6.07, 6.45) is 5.04. The Morgan fingerprint density at radius 2 is 1.38 bits per heavy atom. The highest BCUT2D eigenvalue weighted by Crippen LogP contribution is 2.07. The summed E-state index contributed by atoms with van der Waals surface area (Å²) in [4.78, 5) is 11.2. The van der Waals surface area contributed by atoms with Crippen LogP contribution in [0.1, 0.15) is 0 Å². The predicted molar refractivity (Wildman–Crippen MR) is 55.0 cm³/mol. The lowest BCUT2D eigenvalue weighted by Crippen LogP contribution is -2.55. The second kappa shape index (κ2) is 5.32. The van der Waals surface area contributed by atoms with Gasteiger partial charge < -0.3 is 5.73 Å². The van der Waals surface area contributed by atoms with Crippen molar-refractivity contribution in [1.82, 2.24) is 0 Å². The summed E-state index contributed by atoms with van der Waals surface area (Å²) in [5.41, 5.74) is 5.32. The monoisotopic (exact) mass is 181 g/mol. The molecule has 0 aromatic rings.